The molecule has 0 aromatic heterocycles. The largest absolute Gasteiger partial charge is 0.345 e. The Morgan fingerprint density at radius 1 is 1.23 bits per heavy atom. The lowest BCUT2D eigenvalue weighted by Crippen LogP contribution is -2.49. The minimum atomic E-state index is -0.697. The van der Waals surface area contributed by atoms with Crippen LogP contribution in [0.15, 0.2) is 0 Å². The van der Waals surface area contributed by atoms with Crippen LogP contribution in [0, 0.1) is 0 Å². The number of carbonyl (C=O) groups is 3. The quantitative estimate of drug-likeness (QED) is 0.351. The molecule has 0 heterocycles. The third-order valence-electron chi connectivity index (χ3n) is 1.11. The molecular formula is C6H11N3O3S. The van der Waals surface area contributed by atoms with E-state index in [1.807, 2.05) is 5.43 Å². The second kappa shape index (κ2) is 5.41. The van der Waals surface area contributed by atoms with E-state index in [4.69, 9.17) is 0 Å². The molecule has 1 unspecified atom stereocenters. The number of thiol groups is 1. The van der Waals surface area contributed by atoms with E-state index in [0.29, 0.717) is 0 Å². The van der Waals surface area contributed by atoms with E-state index < -0.39 is 17.2 Å². The number of rotatable bonds is 2. The van der Waals surface area contributed by atoms with E-state index >= 15 is 0 Å². The van der Waals surface area contributed by atoms with E-state index in [2.05, 4.69) is 23.4 Å². The summed E-state index contributed by atoms with van der Waals surface area (Å²) in [6, 6.07) is -0.697. The second-order valence-electron chi connectivity index (χ2n) is 2.34. The Morgan fingerprint density at radius 2 is 1.77 bits per heavy atom. The van der Waals surface area contributed by atoms with Crippen molar-refractivity contribution in [2.75, 3.05) is 0 Å². The van der Waals surface area contributed by atoms with Crippen molar-refractivity contribution < 1.29 is 14.4 Å². The van der Waals surface area contributed by atoms with Gasteiger partial charge in [0.05, 0.1) is 0 Å². The van der Waals surface area contributed by atoms with Crippen molar-refractivity contribution in [3.63, 3.8) is 0 Å². The minimum absolute atomic E-state index is 0.320. The van der Waals surface area contributed by atoms with Gasteiger partial charge in [-0.3, -0.25) is 25.2 Å². The van der Waals surface area contributed by atoms with Crippen molar-refractivity contribution in [1.29, 1.82) is 0 Å². The Labute approximate surface area is 80.8 Å². The lowest BCUT2D eigenvalue weighted by molar-refractivity contribution is -0.128. The van der Waals surface area contributed by atoms with Crippen LogP contribution in [-0.2, 0) is 9.59 Å². The van der Waals surface area contributed by atoms with Crippen molar-refractivity contribution in [2.24, 2.45) is 0 Å². The first kappa shape index (κ1) is 11.8. The zero-order valence-corrected chi connectivity index (χ0v) is 8.14. The average molecular weight is 205 g/mol. The molecule has 0 radical (unpaired) electrons. The van der Waals surface area contributed by atoms with Crippen LogP contribution < -0.4 is 16.2 Å². The summed E-state index contributed by atoms with van der Waals surface area (Å²) in [4.78, 5) is 31.8. The van der Waals surface area contributed by atoms with Gasteiger partial charge >= 0.3 is 0 Å². The highest BCUT2D eigenvalue weighted by molar-refractivity contribution is 7.96. The zero-order valence-electron chi connectivity index (χ0n) is 7.25. The van der Waals surface area contributed by atoms with Crippen LogP contribution in [0.4, 0.5) is 4.79 Å². The monoisotopic (exact) mass is 205 g/mol. The van der Waals surface area contributed by atoms with Crippen molar-refractivity contribution in [3.8, 4) is 0 Å². The molecule has 0 saturated heterocycles. The van der Waals surface area contributed by atoms with Crippen LogP contribution in [0.3, 0.4) is 0 Å². The van der Waals surface area contributed by atoms with Crippen LogP contribution in [0.5, 0.6) is 0 Å². The van der Waals surface area contributed by atoms with Gasteiger partial charge in [-0.05, 0) is 6.92 Å². The third kappa shape index (κ3) is 5.97. The maximum atomic E-state index is 11.0. The van der Waals surface area contributed by atoms with Crippen LogP contribution in [0.1, 0.15) is 13.8 Å². The number of hydrogen-bond acceptors (Lipinski definition) is 3. The van der Waals surface area contributed by atoms with Crippen molar-refractivity contribution in [3.05, 3.63) is 0 Å². The molecule has 0 saturated carbocycles. The maximum Gasteiger partial charge on any atom is 0.294 e. The SMILES string of the molecule is CC(=O)NC(C)C(=O)NNC(=O)S. The lowest BCUT2D eigenvalue weighted by atomic mass is 10.3. The molecule has 0 rings (SSSR count). The molecule has 0 aromatic carbocycles. The average Bonchev–Trinajstić information content (AvgIpc) is 1.98. The smallest absolute Gasteiger partial charge is 0.294 e. The van der Waals surface area contributed by atoms with Gasteiger partial charge < -0.3 is 5.32 Å². The molecular weight excluding hydrogens is 194 g/mol. The predicted octanol–water partition coefficient (Wildman–Crippen LogP) is -0.818. The summed E-state index contributed by atoms with van der Waals surface area (Å²) in [5.74, 6) is -0.836. The molecule has 0 aliphatic rings. The Morgan fingerprint density at radius 3 is 2.15 bits per heavy atom. The predicted molar refractivity (Wildman–Crippen MR) is 48.9 cm³/mol. The fraction of sp³-hybridized carbons (Fsp3) is 0.500. The summed E-state index contributed by atoms with van der Waals surface area (Å²) >= 11 is 3.36. The summed E-state index contributed by atoms with van der Waals surface area (Å²) in [5.41, 5.74) is 4.03. The molecule has 0 bridgehead atoms. The van der Waals surface area contributed by atoms with Gasteiger partial charge in [0.15, 0.2) is 0 Å². The first-order valence-electron chi connectivity index (χ1n) is 3.49. The van der Waals surface area contributed by atoms with Gasteiger partial charge in [0.2, 0.25) is 5.91 Å². The second-order valence-corrected chi connectivity index (χ2v) is 2.75. The fourth-order valence-electron chi connectivity index (χ4n) is 0.594. The van der Waals surface area contributed by atoms with Gasteiger partial charge in [-0.25, -0.2) is 0 Å². The van der Waals surface area contributed by atoms with E-state index in [1.165, 1.54) is 13.8 Å². The van der Waals surface area contributed by atoms with E-state index in [-0.39, 0.29) is 5.91 Å². The Hall–Kier alpha value is -1.24. The first-order chi connectivity index (χ1) is 5.93. The topological polar surface area (TPSA) is 87.3 Å². The van der Waals surface area contributed by atoms with Crippen LogP contribution >= 0.6 is 12.6 Å². The van der Waals surface area contributed by atoms with E-state index in [1.54, 1.807) is 0 Å². The number of hydrazine groups is 1. The summed E-state index contributed by atoms with van der Waals surface area (Å²) in [5, 5.41) is 1.66. The van der Waals surface area contributed by atoms with Gasteiger partial charge in [-0.2, -0.15) is 0 Å². The highest BCUT2D eigenvalue weighted by Crippen LogP contribution is 1.81. The summed E-state index contributed by atoms with van der Waals surface area (Å²) in [6.07, 6.45) is 0. The molecule has 3 N–H and O–H groups in total. The molecule has 6 nitrogen and oxygen atoms in total. The normalized spacial score (nSPS) is 11.3. The highest BCUT2D eigenvalue weighted by Gasteiger charge is 2.12. The third-order valence-corrected chi connectivity index (χ3v) is 1.22. The molecule has 13 heavy (non-hydrogen) atoms. The van der Waals surface area contributed by atoms with Crippen molar-refractivity contribution in [2.45, 2.75) is 19.9 Å². The molecule has 1 atom stereocenters. The molecule has 0 aromatic rings. The van der Waals surface area contributed by atoms with Gasteiger partial charge in [-0.1, -0.05) is 12.6 Å². The van der Waals surface area contributed by atoms with Crippen molar-refractivity contribution in [1.82, 2.24) is 16.2 Å². The maximum absolute atomic E-state index is 11.0. The Balaban J connectivity index is 3.82. The fourth-order valence-corrected chi connectivity index (χ4v) is 0.650. The zero-order chi connectivity index (χ0) is 10.4. The molecule has 0 fully saturated rings. The molecule has 7 heteroatoms. The number of hydrogen-bond donors (Lipinski definition) is 4. The lowest BCUT2D eigenvalue weighted by Gasteiger charge is -2.11. The van der Waals surface area contributed by atoms with Gasteiger partial charge in [0.25, 0.3) is 11.1 Å². The Bertz CT molecular complexity index is 231. The standard InChI is InChI=1S/C6H11N3O3S/c1-3(7-4(2)10)5(11)8-9-6(12)13/h3H,1-2H3,(H,7,10)(H,8,11)(H2,9,12,13). The molecule has 0 aliphatic carbocycles. The highest BCUT2D eigenvalue weighted by atomic mass is 32.1. The summed E-state index contributed by atoms with van der Waals surface area (Å²) in [7, 11) is 0. The first-order valence-corrected chi connectivity index (χ1v) is 3.94. The number of amides is 3. The molecule has 74 valence electrons. The molecule has 0 spiro atoms. The van der Waals surface area contributed by atoms with Gasteiger partial charge in [0, 0.05) is 6.92 Å². The number of nitrogens with one attached hydrogen (secondary N) is 3. The minimum Gasteiger partial charge on any atom is -0.345 e. The van der Waals surface area contributed by atoms with Crippen LogP contribution in [-0.4, -0.2) is 23.1 Å². The summed E-state index contributed by atoms with van der Waals surface area (Å²) in [6.45, 7) is 2.78. The van der Waals surface area contributed by atoms with E-state index in [0.717, 1.165) is 0 Å². The number of carbonyl (C=O) groups excluding carboxylic acids is 3. The van der Waals surface area contributed by atoms with Crippen molar-refractivity contribution >= 4 is 29.7 Å². The van der Waals surface area contributed by atoms with E-state index in [9.17, 15) is 14.4 Å². The molecule has 3 amide bonds. The molecule has 0 aliphatic heterocycles. The van der Waals surface area contributed by atoms with Crippen LogP contribution in [0.2, 0.25) is 0 Å². The summed E-state index contributed by atoms with van der Waals surface area (Å²) < 4.78 is 0. The van der Waals surface area contributed by atoms with Gasteiger partial charge in [-0.15, -0.1) is 0 Å². The van der Waals surface area contributed by atoms with Gasteiger partial charge in [0.1, 0.15) is 6.04 Å². The Kier molecular flexibility index (Phi) is 4.90. The van der Waals surface area contributed by atoms with Crippen LogP contribution in [0.25, 0.3) is 0 Å².